The van der Waals surface area contributed by atoms with E-state index in [0.29, 0.717) is 26.2 Å². The van der Waals surface area contributed by atoms with Crippen LogP contribution in [0.15, 0.2) is 40.9 Å². The van der Waals surface area contributed by atoms with Gasteiger partial charge in [-0.1, -0.05) is 62.9 Å². The van der Waals surface area contributed by atoms with Gasteiger partial charge in [0.1, 0.15) is 6.10 Å². The zero-order chi connectivity index (χ0) is 13.3. The maximum atomic E-state index is 10.4. The van der Waals surface area contributed by atoms with Crippen molar-refractivity contribution in [3.05, 3.63) is 67.1 Å². The number of aliphatic hydroxyl groups excluding tert-OH is 1. The maximum Gasteiger partial charge on any atom is 0.107 e. The molecular formula is C13H8BrCl3O. The summed E-state index contributed by atoms with van der Waals surface area (Å²) in [6.07, 6.45) is -0.916. The zero-order valence-corrected chi connectivity index (χ0v) is 12.9. The maximum absolute atomic E-state index is 10.4. The van der Waals surface area contributed by atoms with Crippen LogP contribution in [0.5, 0.6) is 0 Å². The third-order valence-electron chi connectivity index (χ3n) is 2.53. The molecule has 0 aliphatic carbocycles. The van der Waals surface area contributed by atoms with Crippen LogP contribution in [0.25, 0.3) is 0 Å². The number of hydrogen-bond donors (Lipinski definition) is 1. The Morgan fingerprint density at radius 2 is 1.67 bits per heavy atom. The molecule has 0 spiro atoms. The lowest BCUT2D eigenvalue weighted by molar-refractivity contribution is 0.220. The topological polar surface area (TPSA) is 20.2 Å². The van der Waals surface area contributed by atoms with Crippen LogP contribution in [-0.4, -0.2) is 5.11 Å². The fourth-order valence-electron chi connectivity index (χ4n) is 1.62. The molecule has 0 aliphatic heterocycles. The monoisotopic (exact) mass is 364 g/mol. The molecule has 0 heterocycles. The first kappa shape index (κ1) is 14.2. The third kappa shape index (κ3) is 2.84. The average molecular weight is 366 g/mol. The van der Waals surface area contributed by atoms with E-state index < -0.39 is 6.10 Å². The molecule has 1 N–H and O–H groups in total. The Bertz CT molecular complexity index is 584. The van der Waals surface area contributed by atoms with Crippen molar-refractivity contribution in [1.29, 1.82) is 0 Å². The highest BCUT2D eigenvalue weighted by atomic mass is 79.9. The van der Waals surface area contributed by atoms with E-state index in [2.05, 4.69) is 15.9 Å². The van der Waals surface area contributed by atoms with E-state index in [0.717, 1.165) is 4.47 Å². The third-order valence-corrected chi connectivity index (χ3v) is 4.20. The van der Waals surface area contributed by atoms with Gasteiger partial charge in [0.05, 0.1) is 10.0 Å². The lowest BCUT2D eigenvalue weighted by Gasteiger charge is -2.15. The van der Waals surface area contributed by atoms with E-state index in [1.165, 1.54) is 0 Å². The first-order valence-corrected chi connectivity index (χ1v) is 7.00. The van der Waals surface area contributed by atoms with Crippen molar-refractivity contribution < 1.29 is 5.11 Å². The number of rotatable bonds is 2. The molecule has 5 heteroatoms. The van der Waals surface area contributed by atoms with Crippen LogP contribution in [0.4, 0.5) is 0 Å². The minimum Gasteiger partial charge on any atom is -0.384 e. The Kier molecular flexibility index (Phi) is 4.57. The molecule has 0 aliphatic rings. The first-order chi connectivity index (χ1) is 8.50. The minimum absolute atomic E-state index is 0.336. The summed E-state index contributed by atoms with van der Waals surface area (Å²) < 4.78 is 0.833. The molecular weight excluding hydrogens is 358 g/mol. The van der Waals surface area contributed by atoms with Crippen molar-refractivity contribution in [2.75, 3.05) is 0 Å². The summed E-state index contributed by atoms with van der Waals surface area (Å²) in [4.78, 5) is 0. The van der Waals surface area contributed by atoms with E-state index in [1.54, 1.807) is 36.4 Å². The number of aliphatic hydroxyl groups is 1. The molecule has 0 amide bonds. The molecule has 1 nitrogen and oxygen atoms in total. The molecule has 1 atom stereocenters. The van der Waals surface area contributed by atoms with Gasteiger partial charge in [-0.15, -0.1) is 0 Å². The number of hydrogen-bond acceptors (Lipinski definition) is 1. The molecule has 0 radical (unpaired) electrons. The van der Waals surface area contributed by atoms with E-state index in [1.807, 2.05) is 0 Å². The van der Waals surface area contributed by atoms with Crippen molar-refractivity contribution in [2.45, 2.75) is 6.10 Å². The van der Waals surface area contributed by atoms with Gasteiger partial charge in [-0.05, 0) is 24.3 Å². The van der Waals surface area contributed by atoms with Crippen LogP contribution in [0.2, 0.25) is 15.1 Å². The van der Waals surface area contributed by atoms with Crippen LogP contribution in [-0.2, 0) is 0 Å². The Morgan fingerprint density at radius 1 is 0.944 bits per heavy atom. The van der Waals surface area contributed by atoms with Crippen LogP contribution >= 0.6 is 50.7 Å². The summed E-state index contributed by atoms with van der Waals surface area (Å²) in [6, 6.07) is 10.4. The molecule has 2 aromatic rings. The Labute approximate surface area is 128 Å². The van der Waals surface area contributed by atoms with Gasteiger partial charge in [-0.25, -0.2) is 0 Å². The van der Waals surface area contributed by atoms with Gasteiger partial charge in [-0.3, -0.25) is 0 Å². The van der Waals surface area contributed by atoms with Gasteiger partial charge in [0.25, 0.3) is 0 Å². The number of halogens is 4. The smallest absolute Gasteiger partial charge is 0.107 e. The predicted molar refractivity (Wildman–Crippen MR) is 79.7 cm³/mol. The van der Waals surface area contributed by atoms with E-state index >= 15 is 0 Å². The Hall–Kier alpha value is -0.250. The van der Waals surface area contributed by atoms with E-state index in [9.17, 15) is 5.11 Å². The molecule has 94 valence electrons. The average Bonchev–Trinajstić information content (AvgIpc) is 2.35. The summed E-state index contributed by atoms with van der Waals surface area (Å²) in [6.45, 7) is 0. The second-order valence-electron chi connectivity index (χ2n) is 3.71. The van der Waals surface area contributed by atoms with Crippen LogP contribution in [0, 0.1) is 0 Å². The second kappa shape index (κ2) is 5.81. The highest BCUT2D eigenvalue weighted by Gasteiger charge is 2.18. The fraction of sp³-hybridized carbons (Fsp3) is 0.0769. The van der Waals surface area contributed by atoms with Crippen LogP contribution < -0.4 is 0 Å². The highest BCUT2D eigenvalue weighted by molar-refractivity contribution is 9.10. The summed E-state index contributed by atoms with van der Waals surface area (Å²) in [5, 5.41) is 11.6. The lowest BCUT2D eigenvalue weighted by Crippen LogP contribution is -2.01. The largest absolute Gasteiger partial charge is 0.384 e. The molecule has 2 aromatic carbocycles. The number of benzene rings is 2. The molecule has 0 fully saturated rings. The molecule has 1 unspecified atom stereocenters. The molecule has 18 heavy (non-hydrogen) atoms. The van der Waals surface area contributed by atoms with Crippen LogP contribution in [0.3, 0.4) is 0 Å². The van der Waals surface area contributed by atoms with Crippen LogP contribution in [0.1, 0.15) is 17.2 Å². The quantitative estimate of drug-likeness (QED) is 0.745. The SMILES string of the molecule is OC(c1cc(Br)ccc1Cl)c1cccc(Cl)c1Cl. The van der Waals surface area contributed by atoms with Gasteiger partial charge < -0.3 is 5.11 Å². The molecule has 0 bridgehead atoms. The first-order valence-electron chi connectivity index (χ1n) is 5.07. The fourth-order valence-corrected chi connectivity index (χ4v) is 2.63. The van der Waals surface area contributed by atoms with Crippen molar-refractivity contribution >= 4 is 50.7 Å². The van der Waals surface area contributed by atoms with Gasteiger partial charge in [0, 0.05) is 20.6 Å². The normalized spacial score (nSPS) is 12.5. The van der Waals surface area contributed by atoms with Crippen molar-refractivity contribution in [1.82, 2.24) is 0 Å². The molecule has 0 saturated heterocycles. The van der Waals surface area contributed by atoms with Gasteiger partial charge >= 0.3 is 0 Å². The van der Waals surface area contributed by atoms with Crippen molar-refractivity contribution in [3.8, 4) is 0 Å². The summed E-state index contributed by atoms with van der Waals surface area (Å²) in [5.74, 6) is 0. The highest BCUT2D eigenvalue weighted by Crippen LogP contribution is 2.36. The molecule has 2 rings (SSSR count). The summed E-state index contributed by atoms with van der Waals surface area (Å²) in [7, 11) is 0. The zero-order valence-electron chi connectivity index (χ0n) is 9.00. The lowest BCUT2D eigenvalue weighted by atomic mass is 10.0. The van der Waals surface area contributed by atoms with Crippen molar-refractivity contribution in [3.63, 3.8) is 0 Å². The van der Waals surface area contributed by atoms with Gasteiger partial charge in [-0.2, -0.15) is 0 Å². The second-order valence-corrected chi connectivity index (χ2v) is 5.82. The predicted octanol–water partition coefficient (Wildman–Crippen LogP) is 5.49. The Morgan fingerprint density at radius 3 is 2.39 bits per heavy atom. The minimum atomic E-state index is -0.916. The summed E-state index contributed by atoms with van der Waals surface area (Å²) in [5.41, 5.74) is 1.11. The van der Waals surface area contributed by atoms with Crippen molar-refractivity contribution in [2.24, 2.45) is 0 Å². The van der Waals surface area contributed by atoms with E-state index in [4.69, 9.17) is 34.8 Å². The van der Waals surface area contributed by atoms with Gasteiger partial charge in [0.15, 0.2) is 0 Å². The van der Waals surface area contributed by atoms with E-state index in [-0.39, 0.29) is 0 Å². The standard InChI is InChI=1S/C13H8BrCl3O/c14-7-4-5-10(15)9(6-7)13(18)8-2-1-3-11(16)12(8)17/h1-6,13,18H. The molecule has 0 aromatic heterocycles. The van der Waals surface area contributed by atoms with Gasteiger partial charge in [0.2, 0.25) is 0 Å². The summed E-state index contributed by atoms with van der Waals surface area (Å²) >= 11 is 21.4. The molecule has 0 saturated carbocycles. The Balaban J connectivity index is 2.51.